The van der Waals surface area contributed by atoms with Crippen LogP contribution >= 0.6 is 23.2 Å². The molecule has 50 heavy (non-hydrogen) atoms. The Kier molecular flexibility index (Phi) is 7.36. The van der Waals surface area contributed by atoms with Crippen LogP contribution in [-0.2, 0) is 19.2 Å². The number of carbonyl (C=O) groups is 5. The van der Waals surface area contributed by atoms with Crippen molar-refractivity contribution in [1.82, 2.24) is 0 Å². The van der Waals surface area contributed by atoms with E-state index in [2.05, 4.69) is 0 Å². The van der Waals surface area contributed by atoms with Gasteiger partial charge in [-0.1, -0.05) is 29.8 Å². The Bertz CT molecular complexity index is 2140. The van der Waals surface area contributed by atoms with E-state index in [4.69, 9.17) is 23.2 Å². The molecule has 258 valence electrons. The summed E-state index contributed by atoms with van der Waals surface area (Å²) in [4.78, 5) is 62.5. The van der Waals surface area contributed by atoms with Gasteiger partial charge < -0.3 is 15.3 Å². The Morgan fingerprint density at radius 2 is 1.40 bits per heavy atom. The highest BCUT2D eigenvalue weighted by molar-refractivity contribution is 6.58. The van der Waals surface area contributed by atoms with E-state index in [-0.39, 0.29) is 28.1 Å². The molecule has 6 atom stereocenters. The van der Waals surface area contributed by atoms with E-state index in [1.54, 1.807) is 0 Å². The molecule has 3 aromatic rings. The number of rotatable bonds is 4. The predicted molar refractivity (Wildman–Crippen MR) is 162 cm³/mol. The number of hydrogen-bond donors (Lipinski definition) is 3. The number of allylic oxidation sites excluding steroid dienone is 2. The number of anilines is 2. The highest BCUT2D eigenvalue weighted by Gasteiger charge is 2.77. The highest BCUT2D eigenvalue weighted by atomic mass is 35.5. The van der Waals surface area contributed by atoms with Crippen LogP contribution in [0.2, 0.25) is 0 Å². The number of carboxylic acids is 1. The largest absolute Gasteiger partial charge is 0.508 e. The normalized spacial score (nSPS) is 28.8. The molecule has 2 heterocycles. The zero-order valence-electron chi connectivity index (χ0n) is 24.8. The van der Waals surface area contributed by atoms with Crippen molar-refractivity contribution >= 4 is 64.2 Å². The van der Waals surface area contributed by atoms with Gasteiger partial charge in [0.25, 0.3) is 11.8 Å². The Balaban J connectivity index is 1.41. The van der Waals surface area contributed by atoms with Crippen molar-refractivity contribution in [2.24, 2.45) is 17.8 Å². The van der Waals surface area contributed by atoms with Crippen molar-refractivity contribution in [2.75, 3.05) is 9.80 Å². The smallest absolute Gasteiger partial charge is 0.339 e. The number of alkyl halides is 2. The van der Waals surface area contributed by atoms with Crippen LogP contribution in [0, 0.1) is 46.8 Å². The van der Waals surface area contributed by atoms with Crippen LogP contribution in [0.5, 0.6) is 11.5 Å². The van der Waals surface area contributed by atoms with Crippen molar-refractivity contribution in [3.05, 3.63) is 94.3 Å². The van der Waals surface area contributed by atoms with Gasteiger partial charge in [0.15, 0.2) is 33.0 Å². The van der Waals surface area contributed by atoms with Crippen molar-refractivity contribution < 1.29 is 61.2 Å². The number of imide groups is 2. The molecule has 4 amide bonds. The molecule has 1 saturated carbocycles. The average molecular weight is 737 g/mol. The van der Waals surface area contributed by atoms with E-state index in [9.17, 15) is 52.5 Å². The number of carbonyl (C=O) groups excluding carboxylic acids is 4. The minimum atomic E-state index is -2.80. The van der Waals surface area contributed by atoms with Crippen LogP contribution in [-0.4, -0.2) is 54.7 Å². The van der Waals surface area contributed by atoms with Crippen LogP contribution in [0.1, 0.15) is 34.7 Å². The SMILES string of the molecule is O=C(O)c1ccc(N2C(=O)[C@H]3[C@H](CC=C4[C@H]3C[C@@]3(Cl)C(=O)N(c5c(F)c(F)c(F)c(F)c5F)C(=O)[C@@]3(Cl)[C@H]4c3ccccc3O)C2=O)cc1O. The molecule has 17 heteroatoms. The summed E-state index contributed by atoms with van der Waals surface area (Å²) < 4.78 is 73.0. The summed E-state index contributed by atoms with van der Waals surface area (Å²) >= 11 is 14.0. The number of fused-ring (bicyclic) bond motifs is 4. The molecule has 0 radical (unpaired) electrons. The third-order valence-electron chi connectivity index (χ3n) is 9.94. The topological polar surface area (TPSA) is 153 Å². The maximum atomic E-state index is 15.1. The summed E-state index contributed by atoms with van der Waals surface area (Å²) in [7, 11) is 0. The van der Waals surface area contributed by atoms with Crippen LogP contribution < -0.4 is 9.80 Å². The second kappa shape index (κ2) is 11.0. The van der Waals surface area contributed by atoms with Crippen LogP contribution in [0.15, 0.2) is 54.1 Å². The third kappa shape index (κ3) is 4.10. The van der Waals surface area contributed by atoms with Crippen LogP contribution in [0.4, 0.5) is 33.3 Å². The first kappa shape index (κ1) is 33.5. The van der Waals surface area contributed by atoms with E-state index >= 15 is 8.78 Å². The number of aromatic carboxylic acids is 1. The number of amides is 4. The molecule has 2 aliphatic carbocycles. The Hall–Kier alpha value is -5.02. The van der Waals surface area contributed by atoms with Crippen molar-refractivity contribution in [3.63, 3.8) is 0 Å². The predicted octanol–water partition coefficient (Wildman–Crippen LogP) is 5.26. The van der Waals surface area contributed by atoms with Gasteiger partial charge in [0, 0.05) is 17.5 Å². The van der Waals surface area contributed by atoms with E-state index in [1.165, 1.54) is 30.3 Å². The molecule has 2 aliphatic heterocycles. The Morgan fingerprint density at radius 3 is 2.00 bits per heavy atom. The average Bonchev–Trinajstić information content (AvgIpc) is 3.41. The van der Waals surface area contributed by atoms with Crippen molar-refractivity contribution in [3.8, 4) is 11.5 Å². The lowest BCUT2D eigenvalue weighted by Gasteiger charge is -2.50. The van der Waals surface area contributed by atoms with Gasteiger partial charge in [0.2, 0.25) is 17.6 Å². The molecule has 7 rings (SSSR count). The van der Waals surface area contributed by atoms with Gasteiger partial charge in [-0.15, -0.1) is 23.2 Å². The Morgan fingerprint density at radius 1 is 0.780 bits per heavy atom. The summed E-state index contributed by atoms with van der Waals surface area (Å²) in [5.74, 6) is -25.7. The third-order valence-corrected chi connectivity index (χ3v) is 11.4. The van der Waals surface area contributed by atoms with Gasteiger partial charge in [-0.05, 0) is 37.0 Å². The highest BCUT2D eigenvalue weighted by Crippen LogP contribution is 2.66. The quantitative estimate of drug-likeness (QED) is 0.0820. The number of phenolic OH excluding ortho intramolecular Hbond substituents is 1. The second-order valence-electron chi connectivity index (χ2n) is 12.3. The molecule has 0 bridgehead atoms. The summed E-state index contributed by atoms with van der Waals surface area (Å²) in [6.45, 7) is 0. The van der Waals surface area contributed by atoms with Gasteiger partial charge >= 0.3 is 5.97 Å². The standard InChI is InChI=1S/C33H19Cl2F5N2O8/c34-32-10-16-12(7-8-15-19(16)28(46)41(27(15)45)11-5-6-14(29(47)48)18(44)9-11)20(13-3-1-2-4-17(13)43)33(32,35)31(50)42(30(32)49)26-24(39)22(37)21(36)23(38)25(26)40/h1-7,9,15-16,19-20,43-44H,8,10H2,(H,47,48)/t15-,16+,19-,20+,32+,33-/m0/s1. The minimum Gasteiger partial charge on any atom is -0.508 e. The lowest BCUT2D eigenvalue weighted by Crippen LogP contribution is -2.60. The van der Waals surface area contributed by atoms with Gasteiger partial charge in [0.05, 0.1) is 17.5 Å². The molecule has 3 N–H and O–H groups in total. The molecule has 2 saturated heterocycles. The fourth-order valence-electron chi connectivity index (χ4n) is 7.74. The monoisotopic (exact) mass is 736 g/mol. The fraction of sp³-hybridized carbons (Fsp3) is 0.242. The molecule has 4 aliphatic rings. The number of halogens is 7. The summed E-state index contributed by atoms with van der Waals surface area (Å²) in [5.41, 5.74) is -2.67. The lowest BCUT2D eigenvalue weighted by molar-refractivity contribution is -0.125. The van der Waals surface area contributed by atoms with Crippen molar-refractivity contribution in [1.29, 1.82) is 0 Å². The number of benzene rings is 3. The first-order chi connectivity index (χ1) is 23.5. The lowest BCUT2D eigenvalue weighted by atomic mass is 9.56. The van der Waals surface area contributed by atoms with E-state index < -0.39 is 121 Å². The zero-order valence-corrected chi connectivity index (χ0v) is 26.3. The first-order valence-corrected chi connectivity index (χ1v) is 15.4. The van der Waals surface area contributed by atoms with Gasteiger partial charge in [-0.3, -0.25) is 19.2 Å². The molecular formula is C33H19Cl2F5N2O8. The molecule has 0 unspecified atom stereocenters. The number of para-hydroxylation sites is 1. The number of hydrogen-bond acceptors (Lipinski definition) is 7. The van der Waals surface area contributed by atoms with E-state index in [0.717, 1.165) is 18.2 Å². The van der Waals surface area contributed by atoms with E-state index in [0.29, 0.717) is 4.90 Å². The van der Waals surface area contributed by atoms with E-state index in [1.807, 2.05) is 0 Å². The zero-order chi connectivity index (χ0) is 36.4. The van der Waals surface area contributed by atoms with Crippen LogP contribution in [0.25, 0.3) is 0 Å². The molecule has 0 aromatic heterocycles. The summed E-state index contributed by atoms with van der Waals surface area (Å²) in [5, 5.41) is 30.5. The maximum Gasteiger partial charge on any atom is 0.339 e. The first-order valence-electron chi connectivity index (χ1n) is 14.7. The van der Waals surface area contributed by atoms with Gasteiger partial charge in [-0.25, -0.2) is 36.5 Å². The summed E-state index contributed by atoms with van der Waals surface area (Å²) in [6.07, 6.45) is 0.510. The number of carboxylic acid groups (broad SMARTS) is 1. The molecule has 10 nitrogen and oxygen atoms in total. The molecule has 3 fully saturated rings. The number of phenols is 2. The van der Waals surface area contributed by atoms with Crippen molar-refractivity contribution in [2.45, 2.75) is 28.5 Å². The second-order valence-corrected chi connectivity index (χ2v) is 13.5. The fourth-order valence-corrected chi connectivity index (χ4v) is 8.67. The summed E-state index contributed by atoms with van der Waals surface area (Å²) in [6, 6.07) is 8.25. The minimum absolute atomic E-state index is 0.117. The Labute approximate surface area is 286 Å². The molecular weight excluding hydrogens is 718 g/mol. The molecule has 3 aromatic carbocycles. The molecule has 0 spiro atoms. The van der Waals surface area contributed by atoms with Gasteiger partial charge in [-0.2, -0.15) is 0 Å². The number of aromatic hydroxyl groups is 2. The maximum absolute atomic E-state index is 15.1. The number of nitrogens with zero attached hydrogens (tertiary/aromatic N) is 2. The van der Waals surface area contributed by atoms with Crippen LogP contribution in [0.3, 0.4) is 0 Å². The van der Waals surface area contributed by atoms with Gasteiger partial charge in [0.1, 0.15) is 22.7 Å².